The number of rotatable bonds is 4. The van der Waals surface area contributed by atoms with Crippen molar-refractivity contribution in [2.24, 2.45) is 7.05 Å². The van der Waals surface area contributed by atoms with Crippen molar-refractivity contribution in [1.82, 2.24) is 15.1 Å². The molecule has 0 atom stereocenters. The topological polar surface area (TPSA) is 29.9 Å². The quantitative estimate of drug-likeness (QED) is 0.912. The van der Waals surface area contributed by atoms with E-state index in [0.717, 1.165) is 18.8 Å². The highest BCUT2D eigenvalue weighted by Gasteiger charge is 2.09. The van der Waals surface area contributed by atoms with E-state index in [2.05, 4.69) is 56.3 Å². The van der Waals surface area contributed by atoms with E-state index < -0.39 is 0 Å². The minimum absolute atomic E-state index is 0.874. The molecule has 0 unspecified atom stereocenters. The van der Waals surface area contributed by atoms with Gasteiger partial charge in [-0.15, -0.1) is 0 Å². The maximum Gasteiger partial charge on any atom is 0.0641 e. The molecule has 2 rings (SSSR count). The van der Waals surface area contributed by atoms with Crippen LogP contribution in [0.15, 0.2) is 18.2 Å². The van der Waals surface area contributed by atoms with Gasteiger partial charge in [-0.3, -0.25) is 4.68 Å². The first-order valence-electron chi connectivity index (χ1n) is 6.75. The van der Waals surface area contributed by atoms with Crippen molar-refractivity contribution in [3.63, 3.8) is 0 Å². The molecule has 0 fully saturated rings. The first-order chi connectivity index (χ1) is 9.00. The summed E-state index contributed by atoms with van der Waals surface area (Å²) in [5, 5.41) is 7.99. The molecule has 0 saturated carbocycles. The molecular formula is C16H23N3. The van der Waals surface area contributed by atoms with Crippen LogP contribution in [-0.2, 0) is 20.1 Å². The third-order valence-corrected chi connectivity index (χ3v) is 3.91. The Balaban J connectivity index is 2.04. The summed E-state index contributed by atoms with van der Waals surface area (Å²) in [7, 11) is 2.00. The molecule has 1 N–H and O–H groups in total. The van der Waals surface area contributed by atoms with Crippen LogP contribution in [0.1, 0.15) is 33.6 Å². The van der Waals surface area contributed by atoms with E-state index in [9.17, 15) is 0 Å². The van der Waals surface area contributed by atoms with Crippen molar-refractivity contribution in [1.29, 1.82) is 0 Å². The second kappa shape index (κ2) is 5.57. The number of benzene rings is 1. The first kappa shape index (κ1) is 13.8. The van der Waals surface area contributed by atoms with Crippen LogP contribution in [0.5, 0.6) is 0 Å². The van der Waals surface area contributed by atoms with E-state index >= 15 is 0 Å². The van der Waals surface area contributed by atoms with Crippen molar-refractivity contribution in [3.05, 3.63) is 51.8 Å². The number of hydrogen-bond donors (Lipinski definition) is 1. The van der Waals surface area contributed by atoms with Crippen molar-refractivity contribution < 1.29 is 0 Å². The summed E-state index contributed by atoms with van der Waals surface area (Å²) in [5.41, 5.74) is 7.79. The summed E-state index contributed by atoms with van der Waals surface area (Å²) >= 11 is 0. The van der Waals surface area contributed by atoms with E-state index in [1.165, 1.54) is 27.9 Å². The minimum Gasteiger partial charge on any atom is -0.308 e. The molecule has 0 spiro atoms. The zero-order valence-electron chi connectivity index (χ0n) is 12.5. The minimum atomic E-state index is 0.874. The highest BCUT2D eigenvalue weighted by molar-refractivity contribution is 5.33. The van der Waals surface area contributed by atoms with Gasteiger partial charge in [-0.25, -0.2) is 0 Å². The molecular weight excluding hydrogens is 234 g/mol. The molecule has 102 valence electrons. The summed E-state index contributed by atoms with van der Waals surface area (Å²) in [6.07, 6.45) is 0. The van der Waals surface area contributed by atoms with E-state index in [0.29, 0.717) is 0 Å². The van der Waals surface area contributed by atoms with E-state index in [-0.39, 0.29) is 0 Å². The first-order valence-corrected chi connectivity index (χ1v) is 6.75. The molecule has 1 aromatic heterocycles. The Morgan fingerprint density at radius 3 is 2.11 bits per heavy atom. The number of nitrogens with zero attached hydrogens (tertiary/aromatic N) is 2. The molecule has 0 bridgehead atoms. The van der Waals surface area contributed by atoms with Gasteiger partial charge in [-0.2, -0.15) is 5.10 Å². The molecule has 0 aliphatic rings. The van der Waals surface area contributed by atoms with Crippen LogP contribution < -0.4 is 5.32 Å². The number of nitrogens with one attached hydrogen (secondary N) is 1. The van der Waals surface area contributed by atoms with Crippen molar-refractivity contribution >= 4 is 0 Å². The lowest BCUT2D eigenvalue weighted by Gasteiger charge is -2.11. The number of aromatic nitrogens is 2. The lowest BCUT2D eigenvalue weighted by atomic mass is 10.0. The maximum absolute atomic E-state index is 4.45. The van der Waals surface area contributed by atoms with Gasteiger partial charge in [0.25, 0.3) is 0 Å². The fourth-order valence-electron chi connectivity index (χ4n) is 2.51. The molecule has 2 aromatic rings. The summed E-state index contributed by atoms with van der Waals surface area (Å²) in [6.45, 7) is 10.3. The summed E-state index contributed by atoms with van der Waals surface area (Å²) in [5.74, 6) is 0. The monoisotopic (exact) mass is 257 g/mol. The van der Waals surface area contributed by atoms with Gasteiger partial charge in [0.1, 0.15) is 0 Å². The molecule has 1 heterocycles. The maximum atomic E-state index is 4.45. The zero-order valence-corrected chi connectivity index (χ0v) is 12.5. The third-order valence-electron chi connectivity index (χ3n) is 3.91. The highest BCUT2D eigenvalue weighted by atomic mass is 15.3. The Morgan fingerprint density at radius 1 is 1.00 bits per heavy atom. The van der Waals surface area contributed by atoms with Crippen LogP contribution in [0.25, 0.3) is 0 Å². The van der Waals surface area contributed by atoms with Gasteiger partial charge < -0.3 is 5.32 Å². The standard InChI is InChI=1S/C16H23N3/c1-11-7-6-8-12(2)15(11)9-17-10-16-13(3)18-19(5)14(16)4/h6-8,17H,9-10H2,1-5H3. The lowest BCUT2D eigenvalue weighted by molar-refractivity contribution is 0.679. The van der Waals surface area contributed by atoms with Crippen molar-refractivity contribution in [3.8, 4) is 0 Å². The predicted octanol–water partition coefficient (Wildman–Crippen LogP) is 2.94. The SMILES string of the molecule is Cc1cccc(C)c1CNCc1c(C)nn(C)c1C. The Labute approximate surface area is 115 Å². The molecule has 3 heteroatoms. The molecule has 0 radical (unpaired) electrons. The van der Waals surface area contributed by atoms with Crippen LogP contribution in [0.4, 0.5) is 0 Å². The molecule has 0 aliphatic heterocycles. The number of aryl methyl sites for hydroxylation is 4. The van der Waals surface area contributed by atoms with Gasteiger partial charge in [0.15, 0.2) is 0 Å². The molecule has 3 nitrogen and oxygen atoms in total. The second-order valence-electron chi connectivity index (χ2n) is 5.25. The van der Waals surface area contributed by atoms with Crippen LogP contribution in [0.2, 0.25) is 0 Å². The Bertz CT molecular complexity index is 562. The van der Waals surface area contributed by atoms with E-state index in [1.807, 2.05) is 11.7 Å². The lowest BCUT2D eigenvalue weighted by Crippen LogP contribution is -2.15. The van der Waals surface area contributed by atoms with Gasteiger partial charge in [-0.1, -0.05) is 18.2 Å². The Morgan fingerprint density at radius 2 is 1.58 bits per heavy atom. The highest BCUT2D eigenvalue weighted by Crippen LogP contribution is 2.14. The van der Waals surface area contributed by atoms with Gasteiger partial charge >= 0.3 is 0 Å². The Kier molecular flexibility index (Phi) is 4.05. The summed E-state index contributed by atoms with van der Waals surface area (Å²) in [6, 6.07) is 6.46. The van der Waals surface area contributed by atoms with E-state index in [4.69, 9.17) is 0 Å². The van der Waals surface area contributed by atoms with Crippen LogP contribution in [0, 0.1) is 27.7 Å². The van der Waals surface area contributed by atoms with Crippen LogP contribution >= 0.6 is 0 Å². The molecule has 0 saturated heterocycles. The van der Waals surface area contributed by atoms with E-state index in [1.54, 1.807) is 0 Å². The van der Waals surface area contributed by atoms with Crippen LogP contribution in [-0.4, -0.2) is 9.78 Å². The van der Waals surface area contributed by atoms with Gasteiger partial charge in [0.05, 0.1) is 5.69 Å². The molecule has 0 amide bonds. The summed E-state index contributed by atoms with van der Waals surface area (Å²) in [4.78, 5) is 0. The Hall–Kier alpha value is -1.61. The van der Waals surface area contributed by atoms with Crippen LogP contribution in [0.3, 0.4) is 0 Å². The third kappa shape index (κ3) is 2.87. The predicted molar refractivity (Wildman–Crippen MR) is 79.1 cm³/mol. The smallest absolute Gasteiger partial charge is 0.0641 e. The van der Waals surface area contributed by atoms with Crippen molar-refractivity contribution in [2.75, 3.05) is 0 Å². The summed E-state index contributed by atoms with van der Waals surface area (Å²) < 4.78 is 1.95. The number of hydrogen-bond acceptors (Lipinski definition) is 2. The van der Waals surface area contributed by atoms with Gasteiger partial charge in [0.2, 0.25) is 0 Å². The average Bonchev–Trinajstić information content (AvgIpc) is 2.59. The largest absolute Gasteiger partial charge is 0.308 e. The molecule has 1 aromatic carbocycles. The normalized spacial score (nSPS) is 11.0. The van der Waals surface area contributed by atoms with Gasteiger partial charge in [-0.05, 0) is 44.4 Å². The molecule has 19 heavy (non-hydrogen) atoms. The average molecular weight is 257 g/mol. The molecule has 0 aliphatic carbocycles. The fraction of sp³-hybridized carbons (Fsp3) is 0.438. The zero-order chi connectivity index (χ0) is 14.0. The fourth-order valence-corrected chi connectivity index (χ4v) is 2.51. The van der Waals surface area contributed by atoms with Crippen molar-refractivity contribution in [2.45, 2.75) is 40.8 Å². The second-order valence-corrected chi connectivity index (χ2v) is 5.25. The van der Waals surface area contributed by atoms with Gasteiger partial charge in [0, 0.05) is 31.4 Å².